The van der Waals surface area contributed by atoms with Crippen LogP contribution in [0.5, 0.6) is 0 Å². The van der Waals surface area contributed by atoms with Crippen molar-refractivity contribution in [1.29, 1.82) is 0 Å². The van der Waals surface area contributed by atoms with E-state index in [-0.39, 0.29) is 11.9 Å². The van der Waals surface area contributed by atoms with Gasteiger partial charge in [-0.25, -0.2) is 0 Å². The molecule has 0 bridgehead atoms. The van der Waals surface area contributed by atoms with Crippen LogP contribution in [0, 0.1) is 0 Å². The molecule has 1 saturated carbocycles. The molecule has 2 heterocycles. The SMILES string of the molecule is C1=CCN(CCC2COC3(CCC(c4ccccc4)CC3)O2)CC1. The van der Waals surface area contributed by atoms with Gasteiger partial charge in [0.25, 0.3) is 0 Å². The van der Waals surface area contributed by atoms with Crippen molar-refractivity contribution in [3.8, 4) is 0 Å². The molecule has 1 unspecified atom stereocenters. The van der Waals surface area contributed by atoms with Crippen LogP contribution in [-0.2, 0) is 9.47 Å². The number of hydrogen-bond acceptors (Lipinski definition) is 3. The van der Waals surface area contributed by atoms with Gasteiger partial charge in [0.1, 0.15) is 0 Å². The van der Waals surface area contributed by atoms with E-state index >= 15 is 0 Å². The van der Waals surface area contributed by atoms with E-state index in [1.165, 1.54) is 31.4 Å². The second-order valence-corrected chi connectivity index (χ2v) is 7.50. The first-order chi connectivity index (χ1) is 11.8. The molecule has 2 aliphatic heterocycles. The molecule has 1 saturated heterocycles. The van der Waals surface area contributed by atoms with E-state index in [1.807, 2.05) is 0 Å². The Morgan fingerprint density at radius 2 is 1.92 bits per heavy atom. The lowest BCUT2D eigenvalue weighted by atomic mass is 9.81. The Labute approximate surface area is 145 Å². The average Bonchev–Trinajstić information content (AvgIpc) is 3.05. The Hall–Kier alpha value is -1.16. The van der Waals surface area contributed by atoms with Crippen molar-refractivity contribution < 1.29 is 9.47 Å². The van der Waals surface area contributed by atoms with Crippen molar-refractivity contribution in [3.05, 3.63) is 48.0 Å². The summed E-state index contributed by atoms with van der Waals surface area (Å²) in [4.78, 5) is 2.51. The number of ether oxygens (including phenoxy) is 2. The van der Waals surface area contributed by atoms with E-state index < -0.39 is 0 Å². The molecule has 0 radical (unpaired) electrons. The van der Waals surface area contributed by atoms with Crippen molar-refractivity contribution >= 4 is 0 Å². The molecule has 2 fully saturated rings. The Morgan fingerprint density at radius 3 is 2.67 bits per heavy atom. The summed E-state index contributed by atoms with van der Waals surface area (Å²) in [5.74, 6) is 0.390. The zero-order valence-corrected chi connectivity index (χ0v) is 14.5. The zero-order chi connectivity index (χ0) is 16.2. The molecule has 1 spiro atoms. The highest BCUT2D eigenvalue weighted by Gasteiger charge is 2.44. The van der Waals surface area contributed by atoms with Crippen LogP contribution in [0.15, 0.2) is 42.5 Å². The molecule has 24 heavy (non-hydrogen) atoms. The summed E-state index contributed by atoms with van der Waals surface area (Å²) in [7, 11) is 0. The molecule has 0 aromatic heterocycles. The van der Waals surface area contributed by atoms with Crippen LogP contribution in [-0.4, -0.2) is 43.0 Å². The van der Waals surface area contributed by atoms with Crippen molar-refractivity contribution in [2.45, 2.75) is 56.3 Å². The van der Waals surface area contributed by atoms with Gasteiger partial charge in [-0.05, 0) is 37.2 Å². The van der Waals surface area contributed by atoms with Gasteiger partial charge in [-0.1, -0.05) is 42.5 Å². The predicted molar refractivity (Wildman–Crippen MR) is 96.0 cm³/mol. The molecule has 3 nitrogen and oxygen atoms in total. The molecule has 4 rings (SSSR count). The lowest BCUT2D eigenvalue weighted by Gasteiger charge is -2.36. The maximum absolute atomic E-state index is 6.40. The van der Waals surface area contributed by atoms with Gasteiger partial charge in [-0.3, -0.25) is 4.90 Å². The van der Waals surface area contributed by atoms with E-state index in [2.05, 4.69) is 47.4 Å². The van der Waals surface area contributed by atoms with Gasteiger partial charge in [0.05, 0.1) is 12.7 Å². The highest BCUT2D eigenvalue weighted by atomic mass is 16.7. The molecule has 1 aromatic carbocycles. The number of hydrogen-bond donors (Lipinski definition) is 0. The molecule has 0 N–H and O–H groups in total. The Kier molecular flexibility index (Phi) is 5.02. The van der Waals surface area contributed by atoms with Gasteiger partial charge in [0.2, 0.25) is 0 Å². The third-order valence-electron chi connectivity index (χ3n) is 5.84. The predicted octanol–water partition coefficient (Wildman–Crippen LogP) is 4.11. The standard InChI is InChI=1S/C21H29NO2/c1-3-7-18(8-4-1)19-9-12-21(13-10-19)23-17-20(24-21)11-16-22-14-5-2-6-15-22/h1-5,7-8,19-20H,6,9-17H2. The summed E-state index contributed by atoms with van der Waals surface area (Å²) in [5.41, 5.74) is 1.47. The Balaban J connectivity index is 1.25. The smallest absolute Gasteiger partial charge is 0.168 e. The third-order valence-corrected chi connectivity index (χ3v) is 5.84. The first-order valence-electron chi connectivity index (χ1n) is 9.57. The fraction of sp³-hybridized carbons (Fsp3) is 0.619. The summed E-state index contributed by atoms with van der Waals surface area (Å²) >= 11 is 0. The van der Waals surface area contributed by atoms with Crippen LogP contribution in [0.1, 0.15) is 50.0 Å². The van der Waals surface area contributed by atoms with Gasteiger partial charge in [0.15, 0.2) is 5.79 Å². The van der Waals surface area contributed by atoms with Crippen LogP contribution in [0.3, 0.4) is 0 Å². The van der Waals surface area contributed by atoms with Gasteiger partial charge < -0.3 is 9.47 Å². The van der Waals surface area contributed by atoms with E-state index in [9.17, 15) is 0 Å². The van der Waals surface area contributed by atoms with Crippen LogP contribution in [0.25, 0.3) is 0 Å². The third kappa shape index (κ3) is 3.74. The lowest BCUT2D eigenvalue weighted by molar-refractivity contribution is -0.189. The van der Waals surface area contributed by atoms with E-state index in [1.54, 1.807) is 0 Å². The van der Waals surface area contributed by atoms with Gasteiger partial charge in [0, 0.05) is 32.5 Å². The van der Waals surface area contributed by atoms with E-state index in [0.717, 1.165) is 39.0 Å². The average molecular weight is 327 g/mol. The summed E-state index contributed by atoms with van der Waals surface area (Å²) in [5, 5.41) is 0. The summed E-state index contributed by atoms with van der Waals surface area (Å²) in [6.45, 7) is 4.19. The highest BCUT2D eigenvalue weighted by Crippen LogP contribution is 2.43. The fourth-order valence-corrected chi connectivity index (χ4v) is 4.36. The van der Waals surface area contributed by atoms with Crippen molar-refractivity contribution in [2.75, 3.05) is 26.2 Å². The minimum absolute atomic E-state index is 0.280. The van der Waals surface area contributed by atoms with E-state index in [0.29, 0.717) is 5.92 Å². The molecule has 1 aliphatic carbocycles. The van der Waals surface area contributed by atoms with Gasteiger partial charge >= 0.3 is 0 Å². The first-order valence-corrected chi connectivity index (χ1v) is 9.57. The molecule has 1 atom stereocenters. The summed E-state index contributed by atoms with van der Waals surface area (Å²) < 4.78 is 12.6. The molecular weight excluding hydrogens is 298 g/mol. The summed E-state index contributed by atoms with van der Waals surface area (Å²) in [6, 6.07) is 10.9. The van der Waals surface area contributed by atoms with Crippen molar-refractivity contribution in [2.24, 2.45) is 0 Å². The van der Waals surface area contributed by atoms with Gasteiger partial charge in [-0.2, -0.15) is 0 Å². The minimum atomic E-state index is -0.280. The van der Waals surface area contributed by atoms with E-state index in [4.69, 9.17) is 9.47 Å². The monoisotopic (exact) mass is 327 g/mol. The molecule has 3 aliphatic rings. The maximum Gasteiger partial charge on any atom is 0.168 e. The first kappa shape index (κ1) is 16.3. The summed E-state index contributed by atoms with van der Waals surface area (Å²) in [6.07, 6.45) is 11.6. The van der Waals surface area contributed by atoms with Crippen LogP contribution in [0.4, 0.5) is 0 Å². The minimum Gasteiger partial charge on any atom is -0.347 e. The second-order valence-electron chi connectivity index (χ2n) is 7.50. The van der Waals surface area contributed by atoms with Crippen molar-refractivity contribution in [1.82, 2.24) is 4.90 Å². The normalized spacial score (nSPS) is 34.0. The highest BCUT2D eigenvalue weighted by molar-refractivity contribution is 5.20. The van der Waals surface area contributed by atoms with Crippen LogP contribution >= 0.6 is 0 Å². The Morgan fingerprint density at radius 1 is 1.08 bits per heavy atom. The number of nitrogens with zero attached hydrogens (tertiary/aromatic N) is 1. The van der Waals surface area contributed by atoms with Crippen molar-refractivity contribution in [3.63, 3.8) is 0 Å². The quantitative estimate of drug-likeness (QED) is 0.777. The molecule has 130 valence electrons. The van der Waals surface area contributed by atoms with Crippen LogP contribution < -0.4 is 0 Å². The Bertz CT molecular complexity index is 548. The fourth-order valence-electron chi connectivity index (χ4n) is 4.36. The largest absolute Gasteiger partial charge is 0.347 e. The number of benzene rings is 1. The van der Waals surface area contributed by atoms with Gasteiger partial charge in [-0.15, -0.1) is 0 Å². The lowest BCUT2D eigenvalue weighted by Crippen LogP contribution is -2.36. The topological polar surface area (TPSA) is 21.7 Å². The number of rotatable bonds is 4. The maximum atomic E-state index is 6.40. The second kappa shape index (κ2) is 7.38. The molecule has 1 aromatic rings. The zero-order valence-electron chi connectivity index (χ0n) is 14.5. The van der Waals surface area contributed by atoms with Crippen LogP contribution in [0.2, 0.25) is 0 Å². The molecule has 3 heteroatoms. The molecular formula is C21H29NO2. The molecule has 0 amide bonds.